The van der Waals surface area contributed by atoms with E-state index in [0.717, 1.165) is 15.6 Å². The lowest BCUT2D eigenvalue weighted by Crippen LogP contribution is -1.70. The Morgan fingerprint density at radius 2 is 2.30 bits per heavy atom. The van der Waals surface area contributed by atoms with Gasteiger partial charge in [0, 0.05) is 12.3 Å². The zero-order valence-electron chi connectivity index (χ0n) is 5.04. The first kappa shape index (κ1) is 5.92. The summed E-state index contributed by atoms with van der Waals surface area (Å²) in [7, 11) is 0. The molecule has 0 unspecified atom stereocenters. The van der Waals surface area contributed by atoms with Crippen LogP contribution >= 0.6 is 15.9 Å². The number of furan rings is 1. The third-order valence-electron chi connectivity index (χ3n) is 1.30. The molecule has 0 saturated carbocycles. The van der Waals surface area contributed by atoms with Crippen molar-refractivity contribution in [2.45, 2.75) is 0 Å². The fourth-order valence-corrected chi connectivity index (χ4v) is 1.26. The first-order valence-electron chi connectivity index (χ1n) is 2.85. The molecule has 0 amide bonds. The second kappa shape index (κ2) is 2.09. The maximum absolute atomic E-state index is 5.14. The summed E-state index contributed by atoms with van der Waals surface area (Å²) in [6, 6.07) is 3.69. The molecule has 0 fully saturated rings. The maximum atomic E-state index is 5.14. The molecule has 0 N–H and O–H groups in total. The van der Waals surface area contributed by atoms with Gasteiger partial charge in [-0.25, -0.2) is 0 Å². The molecule has 0 aliphatic heterocycles. The number of nitrogens with zero attached hydrogens (tertiary/aromatic N) is 1. The van der Waals surface area contributed by atoms with E-state index in [-0.39, 0.29) is 0 Å². The molecule has 2 aromatic heterocycles. The van der Waals surface area contributed by atoms with Gasteiger partial charge < -0.3 is 4.42 Å². The zero-order valence-corrected chi connectivity index (χ0v) is 6.63. The van der Waals surface area contributed by atoms with Crippen LogP contribution in [-0.2, 0) is 0 Å². The van der Waals surface area contributed by atoms with E-state index in [0.29, 0.717) is 0 Å². The average Bonchev–Trinajstić information content (AvgIpc) is 2.36. The van der Waals surface area contributed by atoms with Crippen LogP contribution in [0.4, 0.5) is 0 Å². The van der Waals surface area contributed by atoms with Gasteiger partial charge in [0.05, 0.1) is 10.7 Å². The van der Waals surface area contributed by atoms with Crippen molar-refractivity contribution in [3.8, 4) is 0 Å². The van der Waals surface area contributed by atoms with Crippen molar-refractivity contribution < 1.29 is 4.42 Å². The first-order chi connectivity index (χ1) is 4.88. The minimum Gasteiger partial charge on any atom is -0.461 e. The van der Waals surface area contributed by atoms with Crippen molar-refractivity contribution >= 4 is 27.0 Å². The Balaban J connectivity index is 2.95. The number of rotatable bonds is 0. The van der Waals surface area contributed by atoms with Crippen molar-refractivity contribution in [1.82, 2.24) is 4.98 Å². The normalized spacial score (nSPS) is 10.5. The summed E-state index contributed by atoms with van der Waals surface area (Å²) >= 11 is 3.34. The number of hydrogen-bond donors (Lipinski definition) is 0. The molecule has 2 rings (SSSR count). The van der Waals surface area contributed by atoms with Crippen LogP contribution < -0.4 is 0 Å². The number of fused-ring (bicyclic) bond motifs is 1. The topological polar surface area (TPSA) is 26.0 Å². The second-order valence-corrected chi connectivity index (χ2v) is 2.78. The van der Waals surface area contributed by atoms with Crippen LogP contribution in [-0.4, -0.2) is 4.98 Å². The summed E-state index contributed by atoms with van der Waals surface area (Å²) in [6.07, 6.45) is 3.37. The minimum absolute atomic E-state index is 0.808. The number of halogens is 1. The largest absolute Gasteiger partial charge is 0.461 e. The van der Waals surface area contributed by atoms with E-state index in [1.165, 1.54) is 0 Å². The summed E-state index contributed by atoms with van der Waals surface area (Å²) < 4.78 is 6.09. The van der Waals surface area contributed by atoms with Crippen LogP contribution in [0.5, 0.6) is 0 Å². The third kappa shape index (κ3) is 0.743. The van der Waals surface area contributed by atoms with Crippen molar-refractivity contribution in [3.05, 3.63) is 29.1 Å². The summed E-state index contributed by atoms with van der Waals surface area (Å²) in [6.45, 7) is 0. The van der Waals surface area contributed by atoms with Crippen molar-refractivity contribution in [2.24, 2.45) is 0 Å². The highest BCUT2D eigenvalue weighted by molar-refractivity contribution is 9.10. The van der Waals surface area contributed by atoms with Crippen LogP contribution in [0.2, 0.25) is 0 Å². The third-order valence-corrected chi connectivity index (χ3v) is 1.92. The molecule has 0 aliphatic rings. The molecule has 0 bridgehead atoms. The molecule has 0 atom stereocenters. The Morgan fingerprint density at radius 3 is 3.10 bits per heavy atom. The summed E-state index contributed by atoms with van der Waals surface area (Å²) in [4.78, 5) is 4.08. The van der Waals surface area contributed by atoms with E-state index >= 15 is 0 Å². The number of hydrogen-bond acceptors (Lipinski definition) is 2. The standard InChI is InChI=1S/C7H4BrNO/c8-5-1-3-9-6-2-4-10-7(5)6/h1-4H. The van der Waals surface area contributed by atoms with Crippen LogP contribution in [0.3, 0.4) is 0 Å². The molecular weight excluding hydrogens is 194 g/mol. The van der Waals surface area contributed by atoms with E-state index in [9.17, 15) is 0 Å². The fourth-order valence-electron chi connectivity index (χ4n) is 0.842. The van der Waals surface area contributed by atoms with E-state index in [4.69, 9.17) is 4.42 Å². The van der Waals surface area contributed by atoms with Gasteiger partial charge in [-0.15, -0.1) is 0 Å². The molecular formula is C7H4BrNO. The Labute approximate surface area is 66.0 Å². The van der Waals surface area contributed by atoms with Crippen molar-refractivity contribution in [2.75, 3.05) is 0 Å². The van der Waals surface area contributed by atoms with E-state index in [2.05, 4.69) is 20.9 Å². The molecule has 50 valence electrons. The Hall–Kier alpha value is -0.830. The predicted octanol–water partition coefficient (Wildman–Crippen LogP) is 2.59. The Morgan fingerprint density at radius 1 is 1.40 bits per heavy atom. The Kier molecular flexibility index (Phi) is 1.24. The van der Waals surface area contributed by atoms with Crippen molar-refractivity contribution in [1.29, 1.82) is 0 Å². The highest BCUT2D eigenvalue weighted by Gasteiger charge is 1.99. The van der Waals surface area contributed by atoms with Crippen LogP contribution in [0, 0.1) is 0 Å². The predicted molar refractivity (Wildman–Crippen MR) is 41.7 cm³/mol. The Bertz CT molecular complexity index is 355. The molecule has 2 aromatic rings. The van der Waals surface area contributed by atoms with Gasteiger partial charge in [0.25, 0.3) is 0 Å². The van der Waals surface area contributed by atoms with Gasteiger partial charge in [-0.1, -0.05) is 0 Å². The van der Waals surface area contributed by atoms with Gasteiger partial charge in [-0.2, -0.15) is 0 Å². The molecule has 0 aliphatic carbocycles. The molecule has 2 nitrogen and oxygen atoms in total. The molecule has 0 aromatic carbocycles. The minimum atomic E-state index is 0.808. The smallest absolute Gasteiger partial charge is 0.166 e. The van der Waals surface area contributed by atoms with Gasteiger partial charge >= 0.3 is 0 Å². The summed E-state index contributed by atoms with van der Waals surface area (Å²) in [5.74, 6) is 0. The summed E-state index contributed by atoms with van der Waals surface area (Å²) in [5.41, 5.74) is 1.69. The van der Waals surface area contributed by atoms with Gasteiger partial charge in [-0.3, -0.25) is 4.98 Å². The molecule has 0 spiro atoms. The molecule has 0 saturated heterocycles. The van der Waals surface area contributed by atoms with Crippen molar-refractivity contribution in [3.63, 3.8) is 0 Å². The highest BCUT2D eigenvalue weighted by atomic mass is 79.9. The molecule has 3 heteroatoms. The van der Waals surface area contributed by atoms with Gasteiger partial charge in [0.15, 0.2) is 5.58 Å². The quantitative estimate of drug-likeness (QED) is 0.650. The fraction of sp³-hybridized carbons (Fsp3) is 0. The molecule has 0 radical (unpaired) electrons. The second-order valence-electron chi connectivity index (χ2n) is 1.93. The lowest BCUT2D eigenvalue weighted by Gasteiger charge is -1.88. The summed E-state index contributed by atoms with van der Waals surface area (Å²) in [5, 5.41) is 0. The number of aromatic nitrogens is 1. The van der Waals surface area contributed by atoms with E-state index < -0.39 is 0 Å². The molecule has 10 heavy (non-hydrogen) atoms. The highest BCUT2D eigenvalue weighted by Crippen LogP contribution is 2.21. The number of pyridine rings is 1. The van der Waals surface area contributed by atoms with Crippen LogP contribution in [0.15, 0.2) is 33.5 Å². The maximum Gasteiger partial charge on any atom is 0.166 e. The van der Waals surface area contributed by atoms with Gasteiger partial charge in [-0.05, 0) is 22.0 Å². The lowest BCUT2D eigenvalue weighted by molar-refractivity contribution is 0.613. The lowest BCUT2D eigenvalue weighted by atomic mass is 10.4. The average molecular weight is 198 g/mol. The monoisotopic (exact) mass is 197 g/mol. The molecule has 2 heterocycles. The van der Waals surface area contributed by atoms with Crippen LogP contribution in [0.25, 0.3) is 11.1 Å². The first-order valence-corrected chi connectivity index (χ1v) is 3.65. The van der Waals surface area contributed by atoms with Crippen LogP contribution in [0.1, 0.15) is 0 Å². The van der Waals surface area contributed by atoms with E-state index in [1.54, 1.807) is 12.5 Å². The van der Waals surface area contributed by atoms with Gasteiger partial charge in [0.1, 0.15) is 5.52 Å². The zero-order chi connectivity index (χ0) is 6.97. The van der Waals surface area contributed by atoms with E-state index in [1.807, 2.05) is 12.1 Å². The SMILES string of the molecule is Brc1ccnc2ccoc12. The van der Waals surface area contributed by atoms with Gasteiger partial charge in [0.2, 0.25) is 0 Å².